The number of rotatable bonds is 8. The fourth-order valence-corrected chi connectivity index (χ4v) is 4.98. The fraction of sp³-hybridized carbons (Fsp3) is 0.310. The third-order valence-corrected chi connectivity index (χ3v) is 6.96. The Hall–Kier alpha value is -3.75. The van der Waals surface area contributed by atoms with Gasteiger partial charge in [0.1, 0.15) is 11.6 Å². The zero-order valence-electron chi connectivity index (χ0n) is 20.7. The molecule has 5 rings (SSSR count). The van der Waals surface area contributed by atoms with Crippen LogP contribution in [0.4, 0.5) is 4.39 Å². The number of amides is 2. The highest BCUT2D eigenvalue weighted by molar-refractivity contribution is 6.03. The predicted octanol–water partition coefficient (Wildman–Crippen LogP) is 3.19. The van der Waals surface area contributed by atoms with Crippen LogP contribution >= 0.6 is 0 Å². The number of aliphatic hydroxyl groups is 1. The van der Waals surface area contributed by atoms with Crippen LogP contribution in [0.5, 0.6) is 5.75 Å². The summed E-state index contributed by atoms with van der Waals surface area (Å²) in [6.07, 6.45) is -0.0857. The lowest BCUT2D eigenvalue weighted by Crippen LogP contribution is -2.49. The molecule has 0 spiro atoms. The van der Waals surface area contributed by atoms with Crippen molar-refractivity contribution in [2.45, 2.75) is 45.1 Å². The molecular weight excluding hydrogens is 473 g/mol. The number of nitrogens with one attached hydrogen (secondary N) is 2. The molecule has 192 valence electrons. The molecule has 8 heteroatoms. The first-order chi connectivity index (χ1) is 17.9. The molecule has 2 atom stereocenters. The third kappa shape index (κ3) is 5.35. The van der Waals surface area contributed by atoms with E-state index in [1.54, 1.807) is 29.2 Å². The molecule has 0 radical (unpaired) electrons. The summed E-state index contributed by atoms with van der Waals surface area (Å²) in [5, 5.41) is 16.9. The lowest BCUT2D eigenvalue weighted by atomic mass is 9.93. The van der Waals surface area contributed by atoms with Crippen LogP contribution in [-0.4, -0.2) is 47.1 Å². The highest BCUT2D eigenvalue weighted by Gasteiger charge is 2.31. The van der Waals surface area contributed by atoms with Crippen LogP contribution in [0, 0.1) is 5.82 Å². The van der Waals surface area contributed by atoms with Crippen LogP contribution in [0.2, 0.25) is 0 Å². The van der Waals surface area contributed by atoms with Crippen LogP contribution in [0.25, 0.3) is 0 Å². The second kappa shape index (κ2) is 10.7. The van der Waals surface area contributed by atoms with Crippen LogP contribution in [-0.2, 0) is 26.1 Å². The number of hydrogen-bond donors (Lipinski definition) is 3. The number of ether oxygens (including phenoxy) is 1. The van der Waals surface area contributed by atoms with Gasteiger partial charge in [0.05, 0.1) is 18.3 Å². The molecule has 3 aromatic rings. The summed E-state index contributed by atoms with van der Waals surface area (Å²) in [7, 11) is 0. The van der Waals surface area contributed by atoms with Crippen LogP contribution < -0.4 is 15.4 Å². The quantitative estimate of drug-likeness (QED) is 0.439. The molecule has 2 aliphatic heterocycles. The van der Waals surface area contributed by atoms with Gasteiger partial charge in [0.25, 0.3) is 11.8 Å². The molecule has 0 saturated carbocycles. The number of carbonyl (C=O) groups excluding carboxylic acids is 2. The van der Waals surface area contributed by atoms with E-state index in [1.165, 1.54) is 23.3 Å². The number of fused-ring (bicyclic) bond motifs is 2. The van der Waals surface area contributed by atoms with Crippen LogP contribution in [0.3, 0.4) is 0 Å². The maximum absolute atomic E-state index is 13.3. The van der Waals surface area contributed by atoms with Gasteiger partial charge in [-0.25, -0.2) is 4.39 Å². The predicted molar refractivity (Wildman–Crippen MR) is 137 cm³/mol. The maximum Gasteiger partial charge on any atom is 0.255 e. The van der Waals surface area contributed by atoms with Gasteiger partial charge in [-0.15, -0.1) is 0 Å². The van der Waals surface area contributed by atoms with E-state index >= 15 is 0 Å². The Morgan fingerprint density at radius 1 is 1.16 bits per heavy atom. The first kappa shape index (κ1) is 24.9. The van der Waals surface area contributed by atoms with E-state index in [4.69, 9.17) is 4.74 Å². The Bertz CT molecular complexity index is 1310. The zero-order valence-corrected chi connectivity index (χ0v) is 20.7. The molecule has 0 fully saturated rings. The normalized spacial score (nSPS) is 17.2. The summed E-state index contributed by atoms with van der Waals surface area (Å²) in [6.45, 7) is 3.58. The van der Waals surface area contributed by atoms with Crippen molar-refractivity contribution in [2.75, 3.05) is 13.2 Å². The Labute approximate surface area is 215 Å². The van der Waals surface area contributed by atoms with E-state index in [9.17, 15) is 19.1 Å². The largest absolute Gasteiger partial charge is 0.493 e. The average molecular weight is 504 g/mol. The molecule has 7 nitrogen and oxygen atoms in total. The van der Waals surface area contributed by atoms with Gasteiger partial charge in [-0.2, -0.15) is 0 Å². The van der Waals surface area contributed by atoms with Gasteiger partial charge in [-0.05, 0) is 59.9 Å². The minimum Gasteiger partial charge on any atom is -0.493 e. The highest BCUT2D eigenvalue weighted by Crippen LogP contribution is 2.31. The first-order valence-electron chi connectivity index (χ1n) is 12.5. The zero-order chi connectivity index (χ0) is 25.9. The van der Waals surface area contributed by atoms with Crippen molar-refractivity contribution in [1.29, 1.82) is 0 Å². The molecule has 37 heavy (non-hydrogen) atoms. The standard InChI is InChI=1S/C29H30FN3O4/c1-2-37-27-13-23-21(17-33(29(23)36)16-18-7-9-22(30)10-8-18)11-24(27)28(35)32-15-26(34)25-12-19-5-3-4-6-20(19)14-31-25/h3-11,13,25-26,31,34H,2,12,14-17H2,1H3,(H,32,35)/t25-,26+/m0/s1. The fourth-order valence-electron chi connectivity index (χ4n) is 4.98. The Kier molecular flexibility index (Phi) is 7.21. The second-order valence-electron chi connectivity index (χ2n) is 9.46. The lowest BCUT2D eigenvalue weighted by Gasteiger charge is -2.30. The molecule has 0 bridgehead atoms. The van der Waals surface area contributed by atoms with E-state index < -0.39 is 6.10 Å². The van der Waals surface area contributed by atoms with Crippen LogP contribution in [0.15, 0.2) is 60.7 Å². The molecule has 2 amide bonds. The van der Waals surface area contributed by atoms with Crippen molar-refractivity contribution in [2.24, 2.45) is 0 Å². The molecule has 3 aromatic carbocycles. The second-order valence-corrected chi connectivity index (χ2v) is 9.46. The van der Waals surface area contributed by atoms with Gasteiger partial charge in [0.15, 0.2) is 0 Å². The van der Waals surface area contributed by atoms with Gasteiger partial charge in [-0.3, -0.25) is 9.59 Å². The van der Waals surface area contributed by atoms with Gasteiger partial charge in [0, 0.05) is 37.8 Å². The van der Waals surface area contributed by atoms with Crippen molar-refractivity contribution in [3.05, 3.63) is 99.9 Å². The van der Waals surface area contributed by atoms with Gasteiger partial charge in [-0.1, -0.05) is 36.4 Å². The molecule has 2 heterocycles. The molecule has 0 aromatic heterocycles. The van der Waals surface area contributed by atoms with E-state index in [2.05, 4.69) is 22.8 Å². The Morgan fingerprint density at radius 3 is 2.68 bits per heavy atom. The summed E-state index contributed by atoms with van der Waals surface area (Å²) >= 11 is 0. The summed E-state index contributed by atoms with van der Waals surface area (Å²) in [4.78, 5) is 27.9. The van der Waals surface area contributed by atoms with Crippen molar-refractivity contribution in [1.82, 2.24) is 15.5 Å². The van der Waals surface area contributed by atoms with Gasteiger partial charge in [0.2, 0.25) is 0 Å². The monoisotopic (exact) mass is 503 g/mol. The van der Waals surface area contributed by atoms with Gasteiger partial charge >= 0.3 is 0 Å². The van der Waals surface area contributed by atoms with Crippen molar-refractivity contribution < 1.29 is 23.8 Å². The molecule has 0 saturated heterocycles. The number of aliphatic hydroxyl groups excluding tert-OH is 1. The van der Waals surface area contributed by atoms with Gasteiger partial charge < -0.3 is 25.4 Å². The number of hydrogen-bond acceptors (Lipinski definition) is 5. The molecule has 2 aliphatic rings. The van der Waals surface area contributed by atoms with Crippen molar-refractivity contribution >= 4 is 11.8 Å². The topological polar surface area (TPSA) is 90.9 Å². The maximum atomic E-state index is 13.3. The summed E-state index contributed by atoms with van der Waals surface area (Å²) < 4.78 is 19.0. The molecular formula is C29H30FN3O4. The molecule has 0 aliphatic carbocycles. The van der Waals surface area contributed by atoms with E-state index in [0.29, 0.717) is 49.5 Å². The summed E-state index contributed by atoms with van der Waals surface area (Å²) in [5.41, 5.74) is 4.78. The summed E-state index contributed by atoms with van der Waals surface area (Å²) in [5.74, 6) is -0.529. The lowest BCUT2D eigenvalue weighted by molar-refractivity contribution is 0.0766. The highest BCUT2D eigenvalue weighted by atomic mass is 19.1. The van der Waals surface area contributed by atoms with Crippen molar-refractivity contribution in [3.8, 4) is 5.75 Å². The van der Waals surface area contributed by atoms with E-state index in [1.807, 2.05) is 19.1 Å². The average Bonchev–Trinajstić information content (AvgIpc) is 3.21. The number of nitrogens with zero attached hydrogens (tertiary/aromatic N) is 1. The molecule has 3 N–H and O–H groups in total. The van der Waals surface area contributed by atoms with E-state index in [0.717, 1.165) is 11.1 Å². The first-order valence-corrected chi connectivity index (χ1v) is 12.5. The minimum absolute atomic E-state index is 0.0803. The number of benzene rings is 3. The SMILES string of the molecule is CCOc1cc2c(cc1C(=O)NC[C@@H](O)[C@@H]1Cc3ccccc3CN1)CN(Cc1ccc(F)cc1)C2=O. The van der Waals surface area contributed by atoms with E-state index in [-0.39, 0.29) is 30.2 Å². The smallest absolute Gasteiger partial charge is 0.255 e. The van der Waals surface area contributed by atoms with Crippen molar-refractivity contribution in [3.63, 3.8) is 0 Å². The van der Waals surface area contributed by atoms with Crippen LogP contribution in [0.1, 0.15) is 49.9 Å². The number of halogens is 1. The summed E-state index contributed by atoms with van der Waals surface area (Å²) in [6, 6.07) is 17.3. The Balaban J connectivity index is 1.27. The number of carbonyl (C=O) groups is 2. The Morgan fingerprint density at radius 2 is 1.92 bits per heavy atom. The third-order valence-electron chi connectivity index (χ3n) is 6.96. The molecule has 0 unspecified atom stereocenters. The minimum atomic E-state index is -0.768.